The van der Waals surface area contributed by atoms with Crippen LogP contribution in [0.4, 0.5) is 14.6 Å². The summed E-state index contributed by atoms with van der Waals surface area (Å²) in [6.45, 7) is 0.657. The van der Waals surface area contributed by atoms with Crippen LogP contribution in [0, 0.1) is 11.6 Å². The predicted molar refractivity (Wildman–Crippen MR) is 87.2 cm³/mol. The van der Waals surface area contributed by atoms with E-state index < -0.39 is 17.5 Å². The lowest BCUT2D eigenvalue weighted by atomic mass is 10.0. The Labute approximate surface area is 141 Å². The van der Waals surface area contributed by atoms with E-state index in [4.69, 9.17) is 5.73 Å². The number of hydrogen-bond donors (Lipinski definition) is 1. The molecule has 4 rings (SSSR count). The van der Waals surface area contributed by atoms with Crippen LogP contribution in [0.2, 0.25) is 0 Å². The Bertz CT molecular complexity index is 971. The molecule has 1 unspecified atom stereocenters. The Morgan fingerprint density at radius 3 is 2.92 bits per heavy atom. The van der Waals surface area contributed by atoms with E-state index in [1.165, 1.54) is 16.8 Å². The molecule has 1 atom stereocenters. The van der Waals surface area contributed by atoms with Crippen molar-refractivity contribution in [3.05, 3.63) is 59.4 Å². The van der Waals surface area contributed by atoms with E-state index in [1.807, 2.05) is 4.90 Å². The van der Waals surface area contributed by atoms with Gasteiger partial charge in [-0.25, -0.2) is 18.3 Å². The number of hydrogen-bond acceptors (Lipinski definition) is 4. The van der Waals surface area contributed by atoms with E-state index in [0.29, 0.717) is 30.0 Å². The summed E-state index contributed by atoms with van der Waals surface area (Å²) >= 11 is 0. The highest BCUT2D eigenvalue weighted by atomic mass is 19.1. The smallest absolute Gasteiger partial charge is 0.254 e. The number of nitrogens with two attached hydrogens (primary N) is 1. The van der Waals surface area contributed by atoms with Gasteiger partial charge in [-0.15, -0.1) is 0 Å². The Balaban J connectivity index is 1.77. The molecule has 2 aromatic heterocycles. The third-order valence-corrected chi connectivity index (χ3v) is 4.48. The average molecular weight is 343 g/mol. The summed E-state index contributed by atoms with van der Waals surface area (Å²) in [5.74, 6) is -0.963. The summed E-state index contributed by atoms with van der Waals surface area (Å²) < 4.78 is 29.2. The van der Waals surface area contributed by atoms with E-state index in [0.717, 1.165) is 18.6 Å². The van der Waals surface area contributed by atoms with Crippen molar-refractivity contribution in [2.75, 3.05) is 11.4 Å². The number of amides is 1. The number of aromatic nitrogens is 3. The van der Waals surface area contributed by atoms with Crippen molar-refractivity contribution < 1.29 is 13.6 Å². The minimum absolute atomic E-state index is 0.217. The highest BCUT2D eigenvalue weighted by Gasteiger charge is 2.30. The Morgan fingerprint density at radius 2 is 2.12 bits per heavy atom. The second kappa shape index (κ2) is 5.80. The quantitative estimate of drug-likeness (QED) is 0.792. The summed E-state index contributed by atoms with van der Waals surface area (Å²) in [5.41, 5.74) is 6.21. The standard InChI is InChI=1S/C17H15F2N5O/c18-10-3-4-13(19)11(8-10)14-2-1-6-23(14)15-5-7-24-17(22-15)12(9-21-24)16(20)25/h3-5,7-9,14H,1-2,6H2,(H2,20,25). The first-order chi connectivity index (χ1) is 12.0. The van der Waals surface area contributed by atoms with Crippen LogP contribution >= 0.6 is 0 Å². The number of rotatable bonds is 3. The summed E-state index contributed by atoms with van der Waals surface area (Å²) in [7, 11) is 0. The second-order valence-electron chi connectivity index (χ2n) is 5.99. The van der Waals surface area contributed by atoms with Crippen LogP contribution in [0.25, 0.3) is 5.65 Å². The fourth-order valence-corrected chi connectivity index (χ4v) is 3.33. The molecular weight excluding hydrogens is 328 g/mol. The summed E-state index contributed by atoms with van der Waals surface area (Å²) in [5, 5.41) is 4.04. The van der Waals surface area contributed by atoms with Crippen molar-refractivity contribution in [1.29, 1.82) is 0 Å². The predicted octanol–water partition coefficient (Wildman–Crippen LogP) is 2.45. The van der Waals surface area contributed by atoms with Gasteiger partial charge in [0.1, 0.15) is 23.0 Å². The lowest BCUT2D eigenvalue weighted by Gasteiger charge is -2.26. The van der Waals surface area contributed by atoms with Gasteiger partial charge in [0.2, 0.25) is 0 Å². The van der Waals surface area contributed by atoms with Gasteiger partial charge in [0, 0.05) is 18.3 Å². The molecule has 0 spiro atoms. The summed E-state index contributed by atoms with van der Waals surface area (Å²) in [4.78, 5) is 17.9. The topological polar surface area (TPSA) is 76.5 Å². The van der Waals surface area contributed by atoms with Crippen LogP contribution in [0.15, 0.2) is 36.7 Å². The first kappa shape index (κ1) is 15.5. The molecule has 1 fully saturated rings. The second-order valence-corrected chi connectivity index (χ2v) is 5.99. The van der Waals surface area contributed by atoms with Crippen molar-refractivity contribution >= 4 is 17.4 Å². The lowest BCUT2D eigenvalue weighted by Crippen LogP contribution is -2.24. The number of anilines is 1. The first-order valence-electron chi connectivity index (χ1n) is 7.90. The third kappa shape index (κ3) is 2.59. The Kier molecular flexibility index (Phi) is 3.60. The molecule has 0 bridgehead atoms. The molecule has 128 valence electrons. The molecule has 25 heavy (non-hydrogen) atoms. The lowest BCUT2D eigenvalue weighted by molar-refractivity contribution is 0.100. The number of carbonyl (C=O) groups excluding carboxylic acids is 1. The maximum absolute atomic E-state index is 14.2. The minimum Gasteiger partial charge on any atom is -0.365 e. The van der Waals surface area contributed by atoms with Crippen LogP contribution in [0.1, 0.15) is 34.8 Å². The minimum atomic E-state index is -0.617. The molecule has 6 nitrogen and oxygen atoms in total. The van der Waals surface area contributed by atoms with E-state index in [-0.39, 0.29) is 11.6 Å². The van der Waals surface area contributed by atoms with Crippen LogP contribution in [0.3, 0.4) is 0 Å². The van der Waals surface area contributed by atoms with Crippen molar-refractivity contribution in [3.8, 4) is 0 Å². The van der Waals surface area contributed by atoms with E-state index >= 15 is 0 Å². The average Bonchev–Trinajstić information content (AvgIpc) is 3.22. The van der Waals surface area contributed by atoms with Crippen LogP contribution < -0.4 is 10.6 Å². The number of nitrogens with zero attached hydrogens (tertiary/aromatic N) is 4. The van der Waals surface area contributed by atoms with Gasteiger partial charge in [-0.1, -0.05) is 0 Å². The first-order valence-corrected chi connectivity index (χ1v) is 7.90. The molecule has 0 radical (unpaired) electrons. The SMILES string of the molecule is NC(=O)c1cnn2ccc(N3CCCC3c3cc(F)ccc3F)nc12. The molecule has 0 saturated carbocycles. The van der Waals surface area contributed by atoms with Gasteiger partial charge in [0.05, 0.1) is 12.2 Å². The third-order valence-electron chi connectivity index (χ3n) is 4.48. The van der Waals surface area contributed by atoms with Gasteiger partial charge in [-0.3, -0.25) is 4.79 Å². The number of halogens is 2. The number of benzene rings is 1. The molecule has 3 heterocycles. The van der Waals surface area contributed by atoms with Crippen molar-refractivity contribution in [2.45, 2.75) is 18.9 Å². The van der Waals surface area contributed by atoms with Crippen LogP contribution in [-0.4, -0.2) is 27.0 Å². The maximum Gasteiger partial charge on any atom is 0.254 e. The Hall–Kier alpha value is -3.03. The van der Waals surface area contributed by atoms with Crippen molar-refractivity contribution in [3.63, 3.8) is 0 Å². The fraction of sp³-hybridized carbons (Fsp3) is 0.235. The largest absolute Gasteiger partial charge is 0.365 e. The monoisotopic (exact) mass is 343 g/mol. The van der Waals surface area contributed by atoms with Gasteiger partial charge in [0.25, 0.3) is 5.91 Å². The maximum atomic E-state index is 14.2. The van der Waals surface area contributed by atoms with E-state index in [2.05, 4.69) is 10.1 Å². The van der Waals surface area contributed by atoms with Gasteiger partial charge < -0.3 is 10.6 Å². The Morgan fingerprint density at radius 1 is 1.28 bits per heavy atom. The zero-order valence-electron chi connectivity index (χ0n) is 13.2. The van der Waals surface area contributed by atoms with Crippen molar-refractivity contribution in [2.24, 2.45) is 5.73 Å². The zero-order chi connectivity index (χ0) is 17.6. The van der Waals surface area contributed by atoms with Crippen LogP contribution in [-0.2, 0) is 0 Å². The highest BCUT2D eigenvalue weighted by Crippen LogP contribution is 2.36. The number of primary amides is 1. The fourth-order valence-electron chi connectivity index (χ4n) is 3.33. The van der Waals surface area contributed by atoms with Gasteiger partial charge in [-0.05, 0) is 37.1 Å². The molecule has 1 aliphatic rings. The van der Waals surface area contributed by atoms with Crippen molar-refractivity contribution in [1.82, 2.24) is 14.6 Å². The summed E-state index contributed by atoms with van der Waals surface area (Å²) in [6.07, 6.45) is 4.55. The van der Waals surface area contributed by atoms with Gasteiger partial charge in [-0.2, -0.15) is 5.10 Å². The molecular formula is C17H15F2N5O. The summed E-state index contributed by atoms with van der Waals surface area (Å²) in [6, 6.07) is 4.89. The van der Waals surface area contributed by atoms with Gasteiger partial charge in [0.15, 0.2) is 5.65 Å². The van der Waals surface area contributed by atoms with Gasteiger partial charge >= 0.3 is 0 Å². The molecule has 1 saturated heterocycles. The molecule has 3 aromatic rings. The molecule has 1 aliphatic heterocycles. The van der Waals surface area contributed by atoms with E-state index in [1.54, 1.807) is 12.3 Å². The normalized spacial score (nSPS) is 17.4. The van der Waals surface area contributed by atoms with Crippen LogP contribution in [0.5, 0.6) is 0 Å². The number of fused-ring (bicyclic) bond motifs is 1. The molecule has 8 heteroatoms. The molecule has 1 aromatic carbocycles. The highest BCUT2D eigenvalue weighted by molar-refractivity contribution is 5.98. The zero-order valence-corrected chi connectivity index (χ0v) is 13.2. The number of carbonyl (C=O) groups is 1. The van der Waals surface area contributed by atoms with E-state index in [9.17, 15) is 13.6 Å². The molecule has 0 aliphatic carbocycles. The molecule has 2 N–H and O–H groups in total. The molecule has 1 amide bonds.